The summed E-state index contributed by atoms with van der Waals surface area (Å²) in [6, 6.07) is 12.4. The fraction of sp³-hybridized carbons (Fsp3) is 0.371. The molecule has 0 saturated carbocycles. The summed E-state index contributed by atoms with van der Waals surface area (Å²) in [5.74, 6) is 1.29. The van der Waals surface area contributed by atoms with Crippen LogP contribution in [0, 0.1) is 39.0 Å². The minimum Gasteiger partial charge on any atom is -0.293 e. The van der Waals surface area contributed by atoms with E-state index in [9.17, 15) is 14.4 Å². The molecule has 0 radical (unpaired) electrons. The van der Waals surface area contributed by atoms with Crippen molar-refractivity contribution in [2.24, 2.45) is 0 Å². The first-order valence-electron chi connectivity index (χ1n) is 14.9. The third kappa shape index (κ3) is 5.90. The highest BCUT2D eigenvalue weighted by Crippen LogP contribution is 2.38. The first kappa shape index (κ1) is 31.4. The van der Waals surface area contributed by atoms with Crippen molar-refractivity contribution >= 4 is 17.3 Å². The van der Waals surface area contributed by atoms with Crippen molar-refractivity contribution in [1.29, 1.82) is 5.26 Å². The lowest BCUT2D eigenvalue weighted by Crippen LogP contribution is -2.39. The van der Waals surface area contributed by atoms with Gasteiger partial charge >= 0.3 is 0 Å². The maximum absolute atomic E-state index is 13.1. The van der Waals surface area contributed by atoms with Gasteiger partial charge in [-0.25, -0.2) is 29.9 Å². The van der Waals surface area contributed by atoms with E-state index in [0.29, 0.717) is 71.2 Å². The van der Waals surface area contributed by atoms with Crippen LogP contribution in [0.3, 0.4) is 0 Å². The van der Waals surface area contributed by atoms with Gasteiger partial charge in [0.15, 0.2) is 17.3 Å². The van der Waals surface area contributed by atoms with E-state index >= 15 is 0 Å². The molecule has 4 aromatic rings. The van der Waals surface area contributed by atoms with Crippen LogP contribution in [-0.2, 0) is 23.7 Å². The first-order valence-corrected chi connectivity index (χ1v) is 14.9. The third-order valence-corrected chi connectivity index (χ3v) is 8.70. The van der Waals surface area contributed by atoms with Gasteiger partial charge in [0.1, 0.15) is 29.1 Å². The summed E-state index contributed by atoms with van der Waals surface area (Å²) in [5.41, 5.74) is 5.28. The third-order valence-electron chi connectivity index (χ3n) is 8.70. The van der Waals surface area contributed by atoms with Crippen LogP contribution in [0.5, 0.6) is 0 Å². The van der Waals surface area contributed by atoms with E-state index < -0.39 is 10.8 Å². The van der Waals surface area contributed by atoms with E-state index in [1.807, 2.05) is 59.7 Å². The summed E-state index contributed by atoms with van der Waals surface area (Å²) in [7, 11) is 0. The smallest absolute Gasteiger partial charge is 0.178 e. The number of aryl methyl sites for hydroxylation is 6. The summed E-state index contributed by atoms with van der Waals surface area (Å²) >= 11 is 0. The first-order chi connectivity index (χ1) is 21.2. The molecule has 4 heterocycles. The highest BCUT2D eigenvalue weighted by atomic mass is 16.1. The van der Waals surface area contributed by atoms with Gasteiger partial charge in [-0.05, 0) is 104 Å². The van der Waals surface area contributed by atoms with Gasteiger partial charge in [-0.1, -0.05) is 0 Å². The molecule has 0 N–H and O–H groups in total. The van der Waals surface area contributed by atoms with Crippen molar-refractivity contribution in [2.75, 3.05) is 0 Å². The number of ketones is 3. The number of Topliss-reactive ketones (excluding diaryl/α,β-unsaturated/α-hetero) is 3. The summed E-state index contributed by atoms with van der Waals surface area (Å²) in [5, 5.41) is 8.93. The molecular formula is C35H37N7O3. The minimum absolute atomic E-state index is 0. The minimum atomic E-state index is -0.676. The van der Waals surface area contributed by atoms with Crippen LogP contribution in [0.25, 0.3) is 0 Å². The number of pyridine rings is 2. The number of carbonyl (C=O) groups is 3. The van der Waals surface area contributed by atoms with Crippen molar-refractivity contribution in [2.45, 2.75) is 85.0 Å². The topological polar surface area (TPSA) is 152 Å². The molecule has 10 nitrogen and oxygen atoms in total. The zero-order valence-corrected chi connectivity index (χ0v) is 26.6. The number of nitriles is 1. The molecule has 0 aliphatic heterocycles. The number of aromatic nitrogens is 6. The molecule has 6 rings (SSSR count). The molecule has 10 heteroatoms. The van der Waals surface area contributed by atoms with E-state index in [1.54, 1.807) is 24.3 Å². The lowest BCUT2D eigenvalue weighted by molar-refractivity contribution is 0.0863. The SMILES string of the molecule is CC(=O)c1ccc2c(n1)CCC(C)(c1cc(C)nc(C)n1)C2=O.Cc1cc(C2(C)CCc3nc(C#N)ccc3C2=O)nc(C)n1.[2HH]. The molecule has 2 unspecified atom stereocenters. The molecule has 45 heavy (non-hydrogen) atoms. The Morgan fingerprint density at radius 1 is 0.733 bits per heavy atom. The molecule has 0 bridgehead atoms. The van der Waals surface area contributed by atoms with Gasteiger partial charge < -0.3 is 0 Å². The van der Waals surface area contributed by atoms with Gasteiger partial charge in [-0.15, -0.1) is 0 Å². The lowest BCUT2D eigenvalue weighted by Gasteiger charge is -2.32. The predicted octanol–water partition coefficient (Wildman–Crippen LogP) is 5.47. The summed E-state index contributed by atoms with van der Waals surface area (Å²) in [6.45, 7) is 12.8. The van der Waals surface area contributed by atoms with Crippen molar-refractivity contribution in [3.63, 3.8) is 0 Å². The van der Waals surface area contributed by atoms with Crippen molar-refractivity contribution in [1.82, 2.24) is 29.9 Å². The van der Waals surface area contributed by atoms with E-state index in [2.05, 4.69) is 29.9 Å². The molecule has 2 atom stereocenters. The molecule has 0 spiro atoms. The summed E-state index contributed by atoms with van der Waals surface area (Å²) in [4.78, 5) is 63.7. The van der Waals surface area contributed by atoms with Crippen molar-refractivity contribution in [3.05, 3.63) is 105 Å². The number of rotatable bonds is 3. The molecule has 0 amide bonds. The van der Waals surface area contributed by atoms with Gasteiger partial charge in [0.2, 0.25) is 0 Å². The number of hydrogen-bond acceptors (Lipinski definition) is 10. The van der Waals surface area contributed by atoms with Crippen molar-refractivity contribution < 1.29 is 15.8 Å². The van der Waals surface area contributed by atoms with Crippen LogP contribution < -0.4 is 0 Å². The molecule has 2 aliphatic rings. The Balaban J connectivity index is 0.000000205. The second-order valence-corrected chi connectivity index (χ2v) is 12.3. The normalized spacial score (nSPS) is 20.3. The van der Waals surface area contributed by atoms with Crippen LogP contribution >= 0.6 is 0 Å². The molecule has 230 valence electrons. The van der Waals surface area contributed by atoms with E-state index in [0.717, 1.165) is 22.8 Å². The molecule has 2 aliphatic carbocycles. The second kappa shape index (κ2) is 11.8. The number of fused-ring (bicyclic) bond motifs is 2. The van der Waals surface area contributed by atoms with Gasteiger partial charge in [-0.3, -0.25) is 14.4 Å². The van der Waals surface area contributed by atoms with E-state index in [1.165, 1.54) is 6.92 Å². The summed E-state index contributed by atoms with van der Waals surface area (Å²) < 4.78 is 0. The molecule has 0 fully saturated rings. The maximum atomic E-state index is 13.1. The molecule has 4 aromatic heterocycles. The van der Waals surface area contributed by atoms with Crippen LogP contribution in [0.2, 0.25) is 0 Å². The maximum Gasteiger partial charge on any atom is 0.178 e. The number of carbonyl (C=O) groups excluding carboxylic acids is 3. The average molecular weight is 605 g/mol. The monoisotopic (exact) mass is 604 g/mol. The predicted molar refractivity (Wildman–Crippen MR) is 168 cm³/mol. The molecular weight excluding hydrogens is 566 g/mol. The number of nitrogens with zero attached hydrogens (tertiary/aromatic N) is 7. The Kier molecular flexibility index (Phi) is 8.23. The van der Waals surface area contributed by atoms with Gasteiger partial charge in [0, 0.05) is 30.9 Å². The van der Waals surface area contributed by atoms with Crippen LogP contribution in [0.1, 0.15) is 118 Å². The fourth-order valence-corrected chi connectivity index (χ4v) is 6.10. The van der Waals surface area contributed by atoms with E-state index in [4.69, 9.17) is 5.26 Å². The van der Waals surface area contributed by atoms with Crippen molar-refractivity contribution in [3.8, 4) is 6.07 Å². The molecule has 0 saturated heterocycles. The molecule has 0 aromatic carbocycles. The Morgan fingerprint density at radius 3 is 1.64 bits per heavy atom. The van der Waals surface area contributed by atoms with Gasteiger partial charge in [-0.2, -0.15) is 5.26 Å². The highest BCUT2D eigenvalue weighted by Gasteiger charge is 2.43. The van der Waals surface area contributed by atoms with Gasteiger partial charge in [0.25, 0.3) is 0 Å². The summed E-state index contributed by atoms with van der Waals surface area (Å²) in [6.07, 6.45) is 2.58. The second-order valence-electron chi connectivity index (χ2n) is 12.3. The Labute approximate surface area is 263 Å². The lowest BCUT2D eigenvalue weighted by atomic mass is 9.70. The largest absolute Gasteiger partial charge is 0.293 e. The average Bonchev–Trinajstić information content (AvgIpc) is 3.00. The highest BCUT2D eigenvalue weighted by molar-refractivity contribution is 6.06. The standard InChI is InChI=1S/C18H19N3O2.C17H16N4O.H2/c1-10-9-16(20-12(3)19-10)18(4)8-7-15-13(17(18)23)5-6-14(21-15)11(2)22;1-10-8-15(20-11(2)19-10)17(3)7-6-14-13(16(17)22)5-4-12(9-18)21-14;/h5-6,9H,7-8H2,1-4H3;4-5,8H,6-7H2,1-3H3;1H/i;;1+1. The zero-order valence-electron chi connectivity index (χ0n) is 26.6. The van der Waals surface area contributed by atoms with Gasteiger partial charge in [0.05, 0.1) is 33.6 Å². The van der Waals surface area contributed by atoms with Crippen LogP contribution in [0.15, 0.2) is 36.4 Å². The Bertz CT molecular complexity index is 1900. The Hall–Kier alpha value is -5.04. The van der Waals surface area contributed by atoms with E-state index in [-0.39, 0.29) is 18.8 Å². The van der Waals surface area contributed by atoms with Crippen LogP contribution in [0.4, 0.5) is 0 Å². The Morgan fingerprint density at radius 2 is 1.20 bits per heavy atom. The van der Waals surface area contributed by atoms with Crippen LogP contribution in [-0.4, -0.2) is 47.3 Å². The zero-order chi connectivity index (χ0) is 32.7. The quantitative estimate of drug-likeness (QED) is 0.275. The number of hydrogen-bond donors (Lipinski definition) is 0. The fourth-order valence-electron chi connectivity index (χ4n) is 6.10.